The first-order valence-electron chi connectivity index (χ1n) is 9.20. The molecule has 2 N–H and O–H groups in total. The third-order valence-electron chi connectivity index (χ3n) is 4.26. The number of carbonyl (C=O) groups is 3. The average Bonchev–Trinajstić information content (AvgIpc) is 2.74. The third-order valence-corrected chi connectivity index (χ3v) is 4.26. The van der Waals surface area contributed by atoms with Crippen molar-refractivity contribution in [3.63, 3.8) is 0 Å². The summed E-state index contributed by atoms with van der Waals surface area (Å²) in [5.41, 5.74) is 1.77. The van der Waals surface area contributed by atoms with Gasteiger partial charge < -0.3 is 15.5 Å². The molecule has 0 aliphatic rings. The molecule has 3 aromatic carbocycles. The van der Waals surface area contributed by atoms with Gasteiger partial charge in [0.2, 0.25) is 5.91 Å². The van der Waals surface area contributed by atoms with E-state index in [-0.39, 0.29) is 18.4 Å². The number of nitrogens with one attached hydrogen (secondary N) is 2. The maximum Gasteiger partial charge on any atom is 0.255 e. The second-order valence-corrected chi connectivity index (χ2v) is 6.62. The number of anilines is 2. The zero-order valence-electron chi connectivity index (χ0n) is 16.3. The van der Waals surface area contributed by atoms with E-state index in [1.54, 1.807) is 54.6 Å². The van der Waals surface area contributed by atoms with Gasteiger partial charge in [0, 0.05) is 29.5 Å². The Hall–Kier alpha value is -4.00. The second kappa shape index (κ2) is 9.47. The van der Waals surface area contributed by atoms with E-state index in [0.29, 0.717) is 22.5 Å². The van der Waals surface area contributed by atoms with Gasteiger partial charge in [-0.05, 0) is 54.6 Å². The molecule has 30 heavy (non-hydrogen) atoms. The molecule has 0 spiro atoms. The van der Waals surface area contributed by atoms with Gasteiger partial charge >= 0.3 is 0 Å². The number of amides is 3. The van der Waals surface area contributed by atoms with Crippen LogP contribution in [0, 0.1) is 5.82 Å². The van der Waals surface area contributed by atoms with Crippen molar-refractivity contribution < 1.29 is 18.8 Å². The molecule has 7 heteroatoms. The molecule has 0 bridgehead atoms. The van der Waals surface area contributed by atoms with Crippen LogP contribution in [0.25, 0.3) is 0 Å². The van der Waals surface area contributed by atoms with Crippen LogP contribution in [0.3, 0.4) is 0 Å². The Labute approximate surface area is 173 Å². The molecule has 0 heterocycles. The van der Waals surface area contributed by atoms with E-state index >= 15 is 0 Å². The Balaban J connectivity index is 1.56. The van der Waals surface area contributed by atoms with Crippen LogP contribution in [-0.2, 0) is 4.79 Å². The minimum atomic E-state index is -0.461. The highest BCUT2D eigenvalue weighted by molar-refractivity contribution is 6.04. The standard InChI is InChI=1S/C23H20FN3O3/c1-27(15-21(28)25-20-9-5-8-18(24)14-20)23(30)17-10-12-19(13-11-17)26-22(29)16-6-3-2-4-7-16/h2-14H,15H2,1H3,(H,25,28)(H,26,29). The monoisotopic (exact) mass is 405 g/mol. The Morgan fingerprint density at radius 2 is 1.50 bits per heavy atom. The molecule has 0 saturated heterocycles. The van der Waals surface area contributed by atoms with Crippen LogP contribution in [0.1, 0.15) is 20.7 Å². The van der Waals surface area contributed by atoms with E-state index in [2.05, 4.69) is 10.6 Å². The summed E-state index contributed by atoms with van der Waals surface area (Å²) in [6, 6.07) is 20.7. The van der Waals surface area contributed by atoms with E-state index in [1.807, 2.05) is 6.07 Å². The Bertz CT molecular complexity index is 1050. The highest BCUT2D eigenvalue weighted by atomic mass is 19.1. The zero-order chi connectivity index (χ0) is 21.5. The van der Waals surface area contributed by atoms with Gasteiger partial charge in [-0.2, -0.15) is 0 Å². The minimum Gasteiger partial charge on any atom is -0.332 e. The average molecular weight is 405 g/mol. The molecule has 0 atom stereocenters. The second-order valence-electron chi connectivity index (χ2n) is 6.62. The molecule has 3 rings (SSSR count). The molecule has 152 valence electrons. The van der Waals surface area contributed by atoms with Crippen LogP contribution in [0.5, 0.6) is 0 Å². The molecule has 0 aliphatic carbocycles. The van der Waals surface area contributed by atoms with Gasteiger partial charge in [-0.1, -0.05) is 24.3 Å². The number of likely N-dealkylation sites (N-methyl/N-ethyl adjacent to an activating group) is 1. The van der Waals surface area contributed by atoms with E-state index in [9.17, 15) is 18.8 Å². The maximum atomic E-state index is 13.2. The lowest BCUT2D eigenvalue weighted by atomic mass is 10.1. The van der Waals surface area contributed by atoms with Crippen molar-refractivity contribution in [3.05, 3.63) is 95.8 Å². The minimum absolute atomic E-state index is 0.193. The van der Waals surface area contributed by atoms with Crippen molar-refractivity contribution in [2.24, 2.45) is 0 Å². The SMILES string of the molecule is CN(CC(=O)Nc1cccc(F)c1)C(=O)c1ccc(NC(=O)c2ccccc2)cc1. The zero-order valence-corrected chi connectivity index (χ0v) is 16.3. The van der Waals surface area contributed by atoms with E-state index in [4.69, 9.17) is 0 Å². The quantitative estimate of drug-likeness (QED) is 0.655. The summed E-state index contributed by atoms with van der Waals surface area (Å²) in [4.78, 5) is 38.1. The Morgan fingerprint density at radius 3 is 2.17 bits per heavy atom. The van der Waals surface area contributed by atoms with Gasteiger partial charge in [0.25, 0.3) is 11.8 Å². The Kier molecular flexibility index (Phi) is 6.54. The molecule has 0 fully saturated rings. The normalized spacial score (nSPS) is 10.2. The molecule has 0 aromatic heterocycles. The van der Waals surface area contributed by atoms with Crippen molar-refractivity contribution in [3.8, 4) is 0 Å². The smallest absolute Gasteiger partial charge is 0.255 e. The summed E-state index contributed by atoms with van der Waals surface area (Å²) >= 11 is 0. The van der Waals surface area contributed by atoms with Crippen LogP contribution in [0.2, 0.25) is 0 Å². The molecule has 0 unspecified atom stereocenters. The summed E-state index contributed by atoms with van der Waals surface area (Å²) in [6.45, 7) is -0.193. The van der Waals surface area contributed by atoms with Gasteiger partial charge in [0.05, 0.1) is 6.54 Å². The lowest BCUT2D eigenvalue weighted by Gasteiger charge is -2.17. The van der Waals surface area contributed by atoms with E-state index < -0.39 is 11.7 Å². The number of rotatable bonds is 6. The summed E-state index contributed by atoms with van der Waals surface area (Å²) in [5, 5.41) is 5.30. The molecule has 0 aliphatic heterocycles. The Morgan fingerprint density at radius 1 is 0.800 bits per heavy atom. The predicted octanol–water partition coefficient (Wildman–Crippen LogP) is 3.79. The summed E-state index contributed by atoms with van der Waals surface area (Å²) in [6.07, 6.45) is 0. The molecule has 0 saturated carbocycles. The van der Waals surface area contributed by atoms with Crippen molar-refractivity contribution in [1.82, 2.24) is 4.90 Å². The van der Waals surface area contributed by atoms with Crippen LogP contribution in [-0.4, -0.2) is 36.2 Å². The van der Waals surface area contributed by atoms with Crippen molar-refractivity contribution in [1.29, 1.82) is 0 Å². The van der Waals surface area contributed by atoms with Crippen molar-refractivity contribution in [2.45, 2.75) is 0 Å². The predicted molar refractivity (Wildman–Crippen MR) is 113 cm³/mol. The van der Waals surface area contributed by atoms with Crippen LogP contribution in [0.15, 0.2) is 78.9 Å². The van der Waals surface area contributed by atoms with Gasteiger partial charge in [0.15, 0.2) is 0 Å². The molecule has 3 aromatic rings. The van der Waals surface area contributed by atoms with Crippen LogP contribution in [0.4, 0.5) is 15.8 Å². The molecular weight excluding hydrogens is 385 g/mol. The number of carbonyl (C=O) groups excluding carboxylic acids is 3. The van der Waals surface area contributed by atoms with E-state index in [1.165, 1.54) is 30.1 Å². The number of benzene rings is 3. The molecular formula is C23H20FN3O3. The maximum absolute atomic E-state index is 13.2. The fraction of sp³-hybridized carbons (Fsp3) is 0.0870. The lowest BCUT2D eigenvalue weighted by molar-refractivity contribution is -0.116. The fourth-order valence-corrected chi connectivity index (χ4v) is 2.76. The van der Waals surface area contributed by atoms with Gasteiger partial charge in [-0.3, -0.25) is 14.4 Å². The third kappa shape index (κ3) is 5.51. The van der Waals surface area contributed by atoms with Gasteiger partial charge in [-0.25, -0.2) is 4.39 Å². The number of halogens is 1. The largest absolute Gasteiger partial charge is 0.332 e. The molecule has 3 amide bonds. The first-order valence-corrected chi connectivity index (χ1v) is 9.20. The van der Waals surface area contributed by atoms with Gasteiger partial charge in [0.1, 0.15) is 5.82 Å². The first-order chi connectivity index (χ1) is 14.4. The number of nitrogens with zero attached hydrogens (tertiary/aromatic N) is 1. The summed E-state index contributed by atoms with van der Waals surface area (Å²) < 4.78 is 13.2. The fourth-order valence-electron chi connectivity index (χ4n) is 2.76. The van der Waals surface area contributed by atoms with Crippen molar-refractivity contribution in [2.75, 3.05) is 24.2 Å². The highest BCUT2D eigenvalue weighted by Crippen LogP contribution is 2.13. The van der Waals surface area contributed by atoms with E-state index in [0.717, 1.165) is 0 Å². The van der Waals surface area contributed by atoms with Crippen LogP contribution < -0.4 is 10.6 Å². The van der Waals surface area contributed by atoms with Crippen molar-refractivity contribution >= 4 is 29.1 Å². The summed E-state index contributed by atoms with van der Waals surface area (Å²) in [7, 11) is 1.50. The number of hydrogen-bond donors (Lipinski definition) is 2. The lowest BCUT2D eigenvalue weighted by Crippen LogP contribution is -2.34. The molecule has 6 nitrogen and oxygen atoms in total. The topological polar surface area (TPSA) is 78.5 Å². The van der Waals surface area contributed by atoms with Gasteiger partial charge in [-0.15, -0.1) is 0 Å². The molecule has 0 radical (unpaired) electrons. The summed E-state index contributed by atoms with van der Waals surface area (Å²) in [5.74, 6) is -1.51. The highest BCUT2D eigenvalue weighted by Gasteiger charge is 2.15. The van der Waals surface area contributed by atoms with Crippen LogP contribution >= 0.6 is 0 Å². The number of hydrogen-bond acceptors (Lipinski definition) is 3. The first kappa shape index (κ1) is 20.7.